The van der Waals surface area contributed by atoms with Gasteiger partial charge in [-0.15, -0.1) is 24.0 Å². The standard InChI is InChI=1S/C22H36N6O.HI/c1-23-22(25-12-15-26-13-6-3-7-14-26)24-11-10-21(29)28-18-16-27(17-19-28)20-8-4-2-5-9-20;/h2,4-5,8-9H,3,6-7,10-19H2,1H3,(H2,23,24,25);1H. The molecule has 2 heterocycles. The molecule has 0 aromatic heterocycles. The number of guanidine groups is 1. The molecular weight excluding hydrogens is 491 g/mol. The summed E-state index contributed by atoms with van der Waals surface area (Å²) in [5.74, 6) is 0.998. The molecule has 0 atom stereocenters. The van der Waals surface area contributed by atoms with Crippen molar-refractivity contribution in [2.45, 2.75) is 25.7 Å². The van der Waals surface area contributed by atoms with Crippen LogP contribution in [0.5, 0.6) is 0 Å². The Balaban J connectivity index is 0.00000320. The topological polar surface area (TPSA) is 63.2 Å². The molecule has 0 unspecified atom stereocenters. The van der Waals surface area contributed by atoms with Crippen LogP contribution in [0, 0.1) is 0 Å². The number of amides is 1. The maximum absolute atomic E-state index is 12.5. The summed E-state index contributed by atoms with van der Waals surface area (Å²) in [6.45, 7) is 8.32. The molecule has 0 radical (unpaired) electrons. The number of hydrogen-bond donors (Lipinski definition) is 2. The van der Waals surface area contributed by atoms with Gasteiger partial charge in [0.25, 0.3) is 0 Å². The zero-order valence-corrected chi connectivity index (χ0v) is 20.5. The number of nitrogens with zero attached hydrogens (tertiary/aromatic N) is 4. The summed E-state index contributed by atoms with van der Waals surface area (Å²) in [5.41, 5.74) is 1.24. The highest BCUT2D eigenvalue weighted by atomic mass is 127. The molecule has 2 fully saturated rings. The number of carbonyl (C=O) groups excluding carboxylic acids is 1. The van der Waals surface area contributed by atoms with E-state index in [4.69, 9.17) is 0 Å². The highest BCUT2D eigenvalue weighted by Crippen LogP contribution is 2.15. The van der Waals surface area contributed by atoms with Crippen molar-refractivity contribution in [3.8, 4) is 0 Å². The first-order chi connectivity index (χ1) is 14.3. The molecule has 2 saturated heterocycles. The lowest BCUT2D eigenvalue weighted by molar-refractivity contribution is -0.131. The molecule has 2 aliphatic heterocycles. The number of benzene rings is 1. The molecule has 1 aromatic carbocycles. The minimum absolute atomic E-state index is 0. The van der Waals surface area contributed by atoms with Gasteiger partial charge in [0, 0.05) is 65.0 Å². The molecule has 1 amide bonds. The van der Waals surface area contributed by atoms with Gasteiger partial charge in [-0.05, 0) is 38.1 Å². The molecule has 30 heavy (non-hydrogen) atoms. The van der Waals surface area contributed by atoms with Gasteiger partial charge >= 0.3 is 0 Å². The van der Waals surface area contributed by atoms with E-state index in [0.29, 0.717) is 13.0 Å². The highest BCUT2D eigenvalue weighted by Gasteiger charge is 2.20. The number of piperazine rings is 1. The van der Waals surface area contributed by atoms with Crippen molar-refractivity contribution < 1.29 is 4.79 Å². The number of carbonyl (C=O) groups is 1. The third-order valence-electron chi connectivity index (χ3n) is 5.78. The first-order valence-corrected chi connectivity index (χ1v) is 11.0. The summed E-state index contributed by atoms with van der Waals surface area (Å²) in [6.07, 6.45) is 4.49. The van der Waals surface area contributed by atoms with Gasteiger partial charge in [-0.1, -0.05) is 24.6 Å². The van der Waals surface area contributed by atoms with Crippen LogP contribution in [0.3, 0.4) is 0 Å². The van der Waals surface area contributed by atoms with Crippen molar-refractivity contribution >= 4 is 41.5 Å². The fraction of sp³-hybridized carbons (Fsp3) is 0.636. The average Bonchev–Trinajstić information content (AvgIpc) is 2.79. The van der Waals surface area contributed by atoms with E-state index in [1.807, 2.05) is 11.0 Å². The number of hydrogen-bond acceptors (Lipinski definition) is 4. The van der Waals surface area contributed by atoms with Gasteiger partial charge in [-0.3, -0.25) is 9.79 Å². The summed E-state index contributed by atoms with van der Waals surface area (Å²) in [6, 6.07) is 10.4. The van der Waals surface area contributed by atoms with Gasteiger partial charge < -0.3 is 25.3 Å². The molecule has 3 rings (SSSR count). The number of rotatable bonds is 7. The minimum Gasteiger partial charge on any atom is -0.368 e. The lowest BCUT2D eigenvalue weighted by Gasteiger charge is -2.36. The van der Waals surface area contributed by atoms with E-state index >= 15 is 0 Å². The predicted molar refractivity (Wildman–Crippen MR) is 135 cm³/mol. The van der Waals surface area contributed by atoms with Crippen LogP contribution in [0.1, 0.15) is 25.7 Å². The Hall–Kier alpha value is -1.55. The normalized spacial score (nSPS) is 18.0. The molecule has 2 aliphatic rings. The lowest BCUT2D eigenvalue weighted by atomic mass is 10.1. The number of nitrogens with one attached hydrogen (secondary N) is 2. The van der Waals surface area contributed by atoms with Crippen molar-refractivity contribution in [3.63, 3.8) is 0 Å². The number of anilines is 1. The first kappa shape index (κ1) is 24.7. The van der Waals surface area contributed by atoms with Crippen molar-refractivity contribution in [2.75, 3.05) is 70.9 Å². The van der Waals surface area contributed by atoms with Crippen LogP contribution in [0.2, 0.25) is 0 Å². The Morgan fingerprint density at radius 2 is 1.60 bits per heavy atom. The molecule has 0 bridgehead atoms. The third-order valence-corrected chi connectivity index (χ3v) is 5.78. The fourth-order valence-electron chi connectivity index (χ4n) is 4.03. The second-order valence-electron chi connectivity index (χ2n) is 7.78. The summed E-state index contributed by atoms with van der Waals surface area (Å²) < 4.78 is 0. The quantitative estimate of drug-likeness (QED) is 0.322. The van der Waals surface area contributed by atoms with Gasteiger partial charge in [0.15, 0.2) is 5.96 Å². The summed E-state index contributed by atoms with van der Waals surface area (Å²) in [5, 5.41) is 6.63. The lowest BCUT2D eigenvalue weighted by Crippen LogP contribution is -2.49. The number of aliphatic imine (C=N–C) groups is 1. The molecule has 1 aromatic rings. The van der Waals surface area contributed by atoms with E-state index in [2.05, 4.69) is 49.7 Å². The van der Waals surface area contributed by atoms with Crippen molar-refractivity contribution in [1.82, 2.24) is 20.4 Å². The Bertz CT molecular complexity index is 642. The van der Waals surface area contributed by atoms with Gasteiger partial charge in [-0.25, -0.2) is 0 Å². The maximum Gasteiger partial charge on any atom is 0.224 e. The molecule has 8 heteroatoms. The summed E-state index contributed by atoms with van der Waals surface area (Å²) in [7, 11) is 1.78. The van der Waals surface area contributed by atoms with Crippen molar-refractivity contribution in [1.29, 1.82) is 0 Å². The van der Waals surface area contributed by atoms with Gasteiger partial charge in [0.05, 0.1) is 0 Å². The molecule has 0 aliphatic carbocycles. The maximum atomic E-state index is 12.5. The van der Waals surface area contributed by atoms with Crippen LogP contribution in [0.25, 0.3) is 0 Å². The Morgan fingerprint density at radius 3 is 2.27 bits per heavy atom. The fourth-order valence-corrected chi connectivity index (χ4v) is 4.03. The molecule has 7 nitrogen and oxygen atoms in total. The van der Waals surface area contributed by atoms with E-state index in [-0.39, 0.29) is 29.9 Å². The van der Waals surface area contributed by atoms with Crippen molar-refractivity contribution in [3.05, 3.63) is 30.3 Å². The highest BCUT2D eigenvalue weighted by molar-refractivity contribution is 14.0. The van der Waals surface area contributed by atoms with E-state index in [1.54, 1.807) is 7.05 Å². The van der Waals surface area contributed by atoms with Gasteiger partial charge in [-0.2, -0.15) is 0 Å². The SMILES string of the molecule is CN=C(NCCC(=O)N1CCN(c2ccccc2)CC1)NCCN1CCCCC1.I. The van der Waals surface area contributed by atoms with E-state index in [0.717, 1.165) is 45.2 Å². The third kappa shape index (κ3) is 7.94. The van der Waals surface area contributed by atoms with Crippen LogP contribution in [-0.2, 0) is 4.79 Å². The Morgan fingerprint density at radius 1 is 0.933 bits per heavy atom. The summed E-state index contributed by atoms with van der Waals surface area (Å²) in [4.78, 5) is 23.6. The molecular formula is C22H37IN6O. The monoisotopic (exact) mass is 528 g/mol. The van der Waals surface area contributed by atoms with Crippen LogP contribution in [-0.4, -0.2) is 87.6 Å². The van der Waals surface area contributed by atoms with Crippen LogP contribution >= 0.6 is 24.0 Å². The molecule has 2 N–H and O–H groups in total. The largest absolute Gasteiger partial charge is 0.368 e. The molecule has 0 spiro atoms. The molecule has 168 valence electrons. The van der Waals surface area contributed by atoms with Crippen LogP contribution in [0.4, 0.5) is 5.69 Å². The van der Waals surface area contributed by atoms with E-state index in [1.165, 1.54) is 38.0 Å². The van der Waals surface area contributed by atoms with E-state index < -0.39 is 0 Å². The first-order valence-electron chi connectivity index (χ1n) is 11.0. The second-order valence-corrected chi connectivity index (χ2v) is 7.78. The number of likely N-dealkylation sites (tertiary alicyclic amines) is 1. The van der Waals surface area contributed by atoms with Gasteiger partial charge in [0.1, 0.15) is 0 Å². The number of para-hydroxylation sites is 1. The Labute approximate surface area is 198 Å². The number of piperidine rings is 1. The average molecular weight is 528 g/mol. The Kier molecular flexibility index (Phi) is 11.3. The van der Waals surface area contributed by atoms with E-state index in [9.17, 15) is 4.79 Å². The minimum atomic E-state index is 0. The number of halogens is 1. The smallest absolute Gasteiger partial charge is 0.224 e. The van der Waals surface area contributed by atoms with Crippen LogP contribution < -0.4 is 15.5 Å². The second kappa shape index (κ2) is 13.7. The van der Waals surface area contributed by atoms with Gasteiger partial charge in [0.2, 0.25) is 5.91 Å². The zero-order valence-electron chi connectivity index (χ0n) is 18.2. The molecule has 0 saturated carbocycles. The van der Waals surface area contributed by atoms with Crippen LogP contribution in [0.15, 0.2) is 35.3 Å². The predicted octanol–water partition coefficient (Wildman–Crippen LogP) is 1.99. The zero-order chi connectivity index (χ0) is 20.3. The summed E-state index contributed by atoms with van der Waals surface area (Å²) >= 11 is 0. The van der Waals surface area contributed by atoms with Crippen molar-refractivity contribution in [2.24, 2.45) is 4.99 Å².